The lowest BCUT2D eigenvalue weighted by Gasteiger charge is -2.06. The molecule has 4 rings (SSSR count). The van der Waals surface area contributed by atoms with Crippen LogP contribution < -0.4 is 28.4 Å². The number of carbonyl (C=O) groups excluding carboxylic acids is 3. The van der Waals surface area contributed by atoms with Gasteiger partial charge >= 0.3 is 0 Å². The van der Waals surface area contributed by atoms with Gasteiger partial charge in [0.15, 0.2) is 11.6 Å². The molecule has 9 nitrogen and oxygen atoms in total. The van der Waals surface area contributed by atoms with Crippen molar-refractivity contribution in [2.45, 2.75) is 20.8 Å². The number of ketones is 2. The normalized spacial score (nSPS) is 9.53. The number of benzene rings is 4. The minimum Gasteiger partial charge on any atom is -0.497 e. The van der Waals surface area contributed by atoms with Gasteiger partial charge in [-0.3, -0.25) is 14.4 Å². The van der Waals surface area contributed by atoms with Gasteiger partial charge in [-0.1, -0.05) is 18.2 Å². The van der Waals surface area contributed by atoms with Gasteiger partial charge in [0.05, 0.1) is 41.7 Å². The largest absolute Gasteiger partial charge is 0.497 e. The zero-order valence-corrected chi connectivity index (χ0v) is 29.1. The van der Waals surface area contributed by atoms with E-state index in [4.69, 9.17) is 28.4 Å². The maximum Gasteiger partial charge on any atom is 0.186 e. The minimum atomic E-state index is -0.115. The molecule has 0 unspecified atom stereocenters. The first-order valence-corrected chi connectivity index (χ1v) is 14.8. The summed E-state index contributed by atoms with van der Waals surface area (Å²) in [6.45, 7) is 6.66. The molecule has 0 bridgehead atoms. The first-order valence-electron chi connectivity index (χ1n) is 14.8. The molecule has 11 heteroatoms. The van der Waals surface area contributed by atoms with E-state index in [2.05, 4.69) is 0 Å². The topological polar surface area (TPSA) is 107 Å². The second kappa shape index (κ2) is 23.8. The Labute approximate surface area is 293 Å². The first kappa shape index (κ1) is 43.6. The number of hydrogen-bond donors (Lipinski definition) is 0. The van der Waals surface area contributed by atoms with Crippen LogP contribution in [0.3, 0.4) is 0 Å². The highest BCUT2D eigenvalue weighted by Crippen LogP contribution is 2.24. The predicted octanol–water partition coefficient (Wildman–Crippen LogP) is 7.04. The molecule has 0 heterocycles. The lowest BCUT2D eigenvalue weighted by atomic mass is 10.1. The summed E-state index contributed by atoms with van der Waals surface area (Å²) in [5, 5.41) is 0. The molecular weight excluding hydrogens is 622 g/mol. The molecule has 0 aliphatic carbocycles. The van der Waals surface area contributed by atoms with Crippen LogP contribution in [0.5, 0.6) is 34.5 Å². The molecule has 0 amide bonds. The third-order valence-corrected chi connectivity index (χ3v) is 6.34. The molecule has 4 aromatic rings. The lowest BCUT2D eigenvalue weighted by Crippen LogP contribution is -1.97. The van der Waals surface area contributed by atoms with Gasteiger partial charge in [-0.25, -0.2) is 0 Å². The van der Waals surface area contributed by atoms with Crippen molar-refractivity contribution in [3.63, 3.8) is 0 Å². The van der Waals surface area contributed by atoms with Crippen LogP contribution in [0.15, 0.2) is 91.0 Å². The summed E-state index contributed by atoms with van der Waals surface area (Å²) in [5.41, 5.74) is 2.71. The highest BCUT2D eigenvalue weighted by molar-refractivity contribution is 6.07. The fourth-order valence-corrected chi connectivity index (χ4v) is 3.88. The Bertz CT molecular complexity index is 1560. The van der Waals surface area contributed by atoms with Crippen LogP contribution in [-0.4, -0.2) is 76.3 Å². The van der Waals surface area contributed by atoms with E-state index in [1.54, 1.807) is 95.2 Å². The Balaban J connectivity index is 0.000000755. The Morgan fingerprint density at radius 2 is 0.918 bits per heavy atom. The smallest absolute Gasteiger partial charge is 0.186 e. The zero-order valence-electron chi connectivity index (χ0n) is 29.1. The highest BCUT2D eigenvalue weighted by Gasteiger charge is 2.08. The predicted molar refractivity (Wildman–Crippen MR) is 195 cm³/mol. The van der Waals surface area contributed by atoms with Crippen LogP contribution >= 0.6 is 0 Å². The van der Waals surface area contributed by atoms with E-state index in [9.17, 15) is 14.4 Å². The molecule has 4 aromatic carbocycles. The molecule has 0 atom stereocenters. The summed E-state index contributed by atoms with van der Waals surface area (Å²) in [6, 6.07) is 24.8. The van der Waals surface area contributed by atoms with Crippen molar-refractivity contribution in [2.24, 2.45) is 0 Å². The SMILES string of the molecule is CCOc1ccc(/C=C/C(=O)c2cc(OC)cc(OC)c2)cc1.CCOc1ccc(C=O)cc1.COc1cc(OC)cc(C(C)=O)c1.[B].[B]. The van der Waals surface area contributed by atoms with E-state index in [0.717, 1.165) is 23.3 Å². The summed E-state index contributed by atoms with van der Waals surface area (Å²) in [5.74, 6) is 3.93. The number of carbonyl (C=O) groups is 3. The summed E-state index contributed by atoms with van der Waals surface area (Å²) in [7, 11) is 6.22. The van der Waals surface area contributed by atoms with Crippen molar-refractivity contribution >= 4 is 40.8 Å². The van der Waals surface area contributed by atoms with E-state index >= 15 is 0 Å². The highest BCUT2D eigenvalue weighted by atomic mass is 16.5. The molecule has 0 aliphatic heterocycles. The molecular formula is C38H42B2O9. The van der Waals surface area contributed by atoms with E-state index in [-0.39, 0.29) is 28.4 Å². The number of allylic oxidation sites excluding steroid dienone is 1. The summed E-state index contributed by atoms with van der Waals surface area (Å²) >= 11 is 0. The Hall–Kier alpha value is -5.44. The van der Waals surface area contributed by atoms with Crippen molar-refractivity contribution in [2.75, 3.05) is 41.7 Å². The lowest BCUT2D eigenvalue weighted by molar-refractivity contribution is 0.101. The van der Waals surface area contributed by atoms with E-state index in [1.807, 2.05) is 38.1 Å². The molecule has 6 radical (unpaired) electrons. The van der Waals surface area contributed by atoms with Crippen LogP contribution in [0.2, 0.25) is 0 Å². The average molecular weight is 664 g/mol. The Morgan fingerprint density at radius 1 is 0.551 bits per heavy atom. The van der Waals surface area contributed by atoms with Gasteiger partial charge in [0, 0.05) is 45.6 Å². The number of rotatable bonds is 13. The minimum absolute atomic E-state index is 0. The van der Waals surface area contributed by atoms with Gasteiger partial charge in [0.1, 0.15) is 40.8 Å². The summed E-state index contributed by atoms with van der Waals surface area (Å²) < 4.78 is 31.0. The standard InChI is InChI=1S/C19H20O4.C10H12O3.C9H10O2.2B/c1-4-23-16-8-5-14(6-9-16)7-10-19(20)15-11-17(21-2)13-18(12-15)22-3;1-7(11)8-4-9(12-2)6-10(5-8)13-3;1-2-11-9-5-3-8(7-10)4-6-9;;/h5-13H,4H2,1-3H3;4-6H,1-3H3;3-7H,2H2,1H3;;/b10-7+;;;;. The third-order valence-electron chi connectivity index (χ3n) is 6.34. The maximum atomic E-state index is 12.3. The maximum absolute atomic E-state index is 12.3. The first-order chi connectivity index (χ1) is 22.7. The van der Waals surface area contributed by atoms with Gasteiger partial charge in [-0.05, 0) is 93.1 Å². The van der Waals surface area contributed by atoms with Gasteiger partial charge in [0.2, 0.25) is 0 Å². The molecule has 0 fully saturated rings. The quantitative estimate of drug-likeness (QED) is 0.0644. The van der Waals surface area contributed by atoms with Gasteiger partial charge in [-0.2, -0.15) is 0 Å². The number of methoxy groups -OCH3 is 4. The summed E-state index contributed by atoms with van der Waals surface area (Å²) in [6.07, 6.45) is 4.11. The molecule has 0 aromatic heterocycles. The second-order valence-corrected chi connectivity index (χ2v) is 9.58. The number of aldehydes is 1. The van der Waals surface area contributed by atoms with Crippen LogP contribution in [0.4, 0.5) is 0 Å². The molecule has 0 saturated carbocycles. The molecule has 49 heavy (non-hydrogen) atoms. The van der Waals surface area contributed by atoms with Crippen molar-refractivity contribution in [3.8, 4) is 34.5 Å². The van der Waals surface area contributed by atoms with Crippen molar-refractivity contribution < 1.29 is 42.8 Å². The van der Waals surface area contributed by atoms with Crippen molar-refractivity contribution in [3.05, 3.63) is 113 Å². The third kappa shape index (κ3) is 15.3. The van der Waals surface area contributed by atoms with Crippen LogP contribution in [-0.2, 0) is 0 Å². The number of hydrogen-bond acceptors (Lipinski definition) is 9. The fourth-order valence-electron chi connectivity index (χ4n) is 3.88. The molecule has 254 valence electrons. The van der Waals surface area contributed by atoms with Gasteiger partial charge in [0.25, 0.3) is 0 Å². The van der Waals surface area contributed by atoms with Crippen LogP contribution in [0.25, 0.3) is 6.08 Å². The van der Waals surface area contributed by atoms with E-state index < -0.39 is 0 Å². The Kier molecular flexibility index (Phi) is 21.2. The average Bonchev–Trinajstić information content (AvgIpc) is 3.11. The number of Topliss-reactive ketones (excluding diaryl/α,β-unsaturated/α-hetero) is 1. The van der Waals surface area contributed by atoms with Crippen LogP contribution in [0.1, 0.15) is 57.4 Å². The Morgan fingerprint density at radius 3 is 1.24 bits per heavy atom. The summed E-state index contributed by atoms with van der Waals surface area (Å²) in [4.78, 5) is 33.6. The van der Waals surface area contributed by atoms with Crippen molar-refractivity contribution in [1.29, 1.82) is 0 Å². The number of ether oxygens (including phenoxy) is 6. The molecule has 0 aliphatic rings. The second-order valence-electron chi connectivity index (χ2n) is 9.58. The zero-order chi connectivity index (χ0) is 34.6. The van der Waals surface area contributed by atoms with Crippen molar-refractivity contribution in [1.82, 2.24) is 0 Å². The van der Waals surface area contributed by atoms with Crippen LogP contribution in [0, 0.1) is 0 Å². The van der Waals surface area contributed by atoms with Gasteiger partial charge < -0.3 is 28.4 Å². The fraction of sp³-hybridized carbons (Fsp3) is 0.237. The van der Waals surface area contributed by atoms with E-state index in [1.165, 1.54) is 13.0 Å². The van der Waals surface area contributed by atoms with E-state index in [0.29, 0.717) is 52.9 Å². The molecule has 0 N–H and O–H groups in total. The molecule has 0 saturated heterocycles. The van der Waals surface area contributed by atoms with Gasteiger partial charge in [-0.15, -0.1) is 0 Å². The molecule has 0 spiro atoms. The monoisotopic (exact) mass is 664 g/mol.